The van der Waals surface area contributed by atoms with Crippen LogP contribution in [0.3, 0.4) is 0 Å². The van der Waals surface area contributed by atoms with E-state index < -0.39 is 0 Å². The SMILES string of the molecule is [CH2-]c1ccc([CH2-])cc1.[Lr].[Lr]. The van der Waals surface area contributed by atoms with E-state index in [9.17, 15) is 0 Å². The number of rotatable bonds is 0. The fraction of sp³-hybridized carbons (Fsp3) is 0. The minimum atomic E-state index is 0. The second kappa shape index (κ2) is 3.03. The molecule has 0 amide bonds. The van der Waals surface area contributed by atoms with Gasteiger partial charge >= 0.3 is 0 Å². The van der Waals surface area contributed by atoms with Crippen LogP contribution in [0.5, 0.6) is 0 Å². The van der Waals surface area contributed by atoms with Gasteiger partial charge in [-0.25, -0.2) is 49.2 Å². The van der Waals surface area contributed by atoms with Crippen LogP contribution in [0.2, 0.25) is 0 Å². The van der Waals surface area contributed by atoms with Gasteiger partial charge < -0.3 is 0 Å². The summed E-state index contributed by atoms with van der Waals surface area (Å²) in [5.41, 5.74) is 2.08. The van der Waals surface area contributed by atoms with Crippen LogP contribution in [-0.4, -0.2) is 0 Å². The zero-order valence-electron chi connectivity index (χ0n) is 5.24. The molecule has 0 N–H and O–H groups in total. The first-order valence-electron chi connectivity index (χ1n) is 2.53. The summed E-state index contributed by atoms with van der Waals surface area (Å²) in [6.07, 6.45) is 0. The molecule has 0 saturated heterocycles. The Labute approximate surface area is 50.2 Å². The van der Waals surface area contributed by atoms with Gasteiger partial charge in [0.25, 0.3) is 0 Å². The van der Waals surface area contributed by atoms with Crippen molar-refractivity contribution in [3.8, 4) is 0 Å². The van der Waals surface area contributed by atoms with E-state index in [1.807, 2.05) is 24.3 Å². The molecule has 0 aliphatic rings. The zero-order chi connectivity index (χ0) is 5.98. The topological polar surface area (TPSA) is 0 Å². The molecule has 0 unspecified atom stereocenters. The van der Waals surface area contributed by atoms with Gasteiger partial charge in [0.2, 0.25) is 0 Å². The van der Waals surface area contributed by atoms with Crippen molar-refractivity contribution >= 4 is 0 Å². The van der Waals surface area contributed by atoms with Crippen LogP contribution < -0.4 is 0 Å². The molecule has 0 fully saturated rings. The van der Waals surface area contributed by atoms with Gasteiger partial charge in [0.05, 0.1) is 0 Å². The van der Waals surface area contributed by atoms with Crippen molar-refractivity contribution in [2.24, 2.45) is 0 Å². The first-order valence-corrected chi connectivity index (χ1v) is 2.53. The van der Waals surface area contributed by atoms with Crippen molar-refractivity contribution in [2.45, 2.75) is 0 Å². The van der Waals surface area contributed by atoms with Gasteiger partial charge in [-0.15, -0.1) is 0 Å². The molecule has 0 spiro atoms. The Hall–Kier alpha value is -3.04. The molecule has 0 aliphatic heterocycles. The molecular weight excluding hydrogens is 620 g/mol. The van der Waals surface area contributed by atoms with E-state index in [2.05, 4.69) is 13.8 Å². The Morgan fingerprint density at radius 1 is 0.700 bits per heavy atom. The second-order valence-corrected chi connectivity index (χ2v) is 1.82. The van der Waals surface area contributed by atoms with E-state index in [1.165, 1.54) is 0 Å². The van der Waals surface area contributed by atoms with Gasteiger partial charge in [0, 0.05) is 0 Å². The Kier molecular flexibility index (Phi) is 3.04. The molecule has 0 atom stereocenters. The molecule has 10 heavy (non-hydrogen) atoms. The van der Waals surface area contributed by atoms with Crippen molar-refractivity contribution in [1.29, 1.82) is 0 Å². The van der Waals surface area contributed by atoms with E-state index in [0.717, 1.165) is 11.1 Å². The van der Waals surface area contributed by atoms with E-state index in [0.29, 0.717) is 0 Å². The third-order valence-corrected chi connectivity index (χ3v) is 1.02. The van der Waals surface area contributed by atoms with E-state index in [1.54, 1.807) is 0 Å². The van der Waals surface area contributed by atoms with Crippen molar-refractivity contribution in [3.05, 3.63) is 49.2 Å². The van der Waals surface area contributed by atoms with Gasteiger partial charge in [-0.1, -0.05) is 0 Å². The normalized spacial score (nSPS) is 7.20. The van der Waals surface area contributed by atoms with Gasteiger partial charge in [0.1, 0.15) is 0 Å². The minimum absolute atomic E-state index is 0. The largest absolute Gasteiger partial charge is 0.220 e. The smallest absolute Gasteiger partial charge is 0 e. The molecule has 0 heterocycles. The van der Waals surface area contributed by atoms with Gasteiger partial charge in [-0.05, 0) is 0 Å². The van der Waals surface area contributed by atoms with Gasteiger partial charge in [-0.2, -0.15) is 0 Å². The first-order chi connectivity index (χ1) is 3.79. The summed E-state index contributed by atoms with van der Waals surface area (Å²) in [5.74, 6) is 0. The van der Waals surface area contributed by atoms with Gasteiger partial charge in [-0.3, -0.25) is 0 Å². The monoisotopic (exact) mass is 628 g/mol. The Balaban J connectivity index is 0. The maximum atomic E-state index is 3.73. The van der Waals surface area contributed by atoms with Crippen molar-refractivity contribution in [2.75, 3.05) is 0 Å². The van der Waals surface area contributed by atoms with Crippen LogP contribution in [-0.2, 0) is 0 Å². The van der Waals surface area contributed by atoms with Crippen LogP contribution in [0.25, 0.3) is 0 Å². The van der Waals surface area contributed by atoms with Crippen molar-refractivity contribution in [1.82, 2.24) is 0 Å². The summed E-state index contributed by atoms with van der Waals surface area (Å²) in [4.78, 5) is 0. The molecule has 0 bridgehead atoms. The maximum Gasteiger partial charge on any atom is 0 e. The summed E-state index contributed by atoms with van der Waals surface area (Å²) in [5, 5.41) is 0. The Morgan fingerprint density at radius 3 is 1.10 bits per heavy atom. The van der Waals surface area contributed by atoms with Crippen LogP contribution in [0.15, 0.2) is 24.3 Å². The van der Waals surface area contributed by atoms with Crippen LogP contribution in [0.4, 0.5) is 0 Å². The summed E-state index contributed by atoms with van der Waals surface area (Å²) in [7, 11) is 0. The molecule has 0 aliphatic carbocycles. The van der Waals surface area contributed by atoms with E-state index in [-0.39, 0.29) is 0 Å². The third kappa shape index (κ3) is 1.61. The zero-order valence-corrected chi connectivity index (χ0v) is 9.54. The number of hydrogen-bond donors (Lipinski definition) is 0. The molecule has 1 rings (SSSR count). The fourth-order valence-corrected chi connectivity index (χ4v) is 0.539. The number of hydrogen-bond acceptors (Lipinski definition) is 0. The summed E-state index contributed by atoms with van der Waals surface area (Å²) in [6, 6.07) is 7.79. The maximum absolute atomic E-state index is 3.73. The van der Waals surface area contributed by atoms with E-state index in [4.69, 9.17) is 0 Å². The quantitative estimate of drug-likeness (QED) is 0.387. The van der Waals surface area contributed by atoms with Crippen molar-refractivity contribution < 1.29 is 0 Å². The molecule has 72 valence electrons. The van der Waals surface area contributed by atoms with Crippen LogP contribution in [0, 0.1) is 13.8 Å². The third-order valence-electron chi connectivity index (χ3n) is 1.02. The average Bonchev–Trinajstić information content (AvgIpc) is 1.77. The molecule has 0 aromatic heterocycles. The Bertz CT molecular complexity index is 146. The molecule has 2 radical (unpaired) electrons. The molecule has 1 aromatic rings. The summed E-state index contributed by atoms with van der Waals surface area (Å²) >= 11 is 0. The average molecular weight is 628 g/mol. The predicted molar refractivity (Wildman–Crippen MR) is 35.4 cm³/mol. The Morgan fingerprint density at radius 2 is 0.900 bits per heavy atom. The molecule has 1 aromatic carbocycles. The standard InChI is InChI=1S/C8H8.2Lr/c1-7-3-5-8(2)6-4-7;;/h3-6H,1-2H2;;/q-2;;. The number of benzene rings is 1. The summed E-state index contributed by atoms with van der Waals surface area (Å²) < 4.78 is 0. The van der Waals surface area contributed by atoms with Crippen molar-refractivity contribution in [3.63, 3.8) is 0 Å². The molecule has 0 saturated carbocycles. The minimum Gasteiger partial charge on any atom is -0.220 e. The second-order valence-electron chi connectivity index (χ2n) is 1.82. The fourth-order valence-electron chi connectivity index (χ4n) is 0.539. The van der Waals surface area contributed by atoms with E-state index >= 15 is 0 Å². The first kappa shape index (κ1) is 10.0. The van der Waals surface area contributed by atoms with Gasteiger partial charge in [0.15, 0.2) is 0 Å². The molecule has 0 nitrogen and oxygen atoms in total. The van der Waals surface area contributed by atoms with Crippen LogP contribution in [0.1, 0.15) is 11.1 Å². The predicted octanol–water partition coefficient (Wildman–Crippen LogP) is 2.05. The molecule has 2 heteroatoms. The molecular formula is C8H8Lr2-2. The van der Waals surface area contributed by atoms with Crippen LogP contribution >= 0.6 is 0 Å². The summed E-state index contributed by atoms with van der Waals surface area (Å²) in [6.45, 7) is 7.47.